The van der Waals surface area contributed by atoms with Crippen molar-refractivity contribution in [1.29, 1.82) is 0 Å². The predicted octanol–water partition coefficient (Wildman–Crippen LogP) is 0.863. The molecule has 4 amide bonds. The molecule has 1 heterocycles. The molecule has 1 saturated heterocycles. The van der Waals surface area contributed by atoms with Crippen molar-refractivity contribution in [3.63, 3.8) is 0 Å². The number of rotatable bonds is 0. The van der Waals surface area contributed by atoms with Crippen molar-refractivity contribution in [2.45, 2.75) is 38.5 Å². The fourth-order valence-corrected chi connectivity index (χ4v) is 1.76. The van der Waals surface area contributed by atoms with E-state index >= 15 is 0 Å². The van der Waals surface area contributed by atoms with E-state index in [2.05, 4.69) is 10.6 Å². The first-order valence-corrected chi connectivity index (χ1v) is 7.59. The molecule has 9 heteroatoms. The molecule has 1 rings (SSSR count). The number of imide groups is 2. The molecule has 0 aromatic heterocycles. The lowest BCUT2D eigenvalue weighted by Crippen LogP contribution is -2.32. The van der Waals surface area contributed by atoms with Gasteiger partial charge in [-0.3, -0.25) is 20.2 Å². The van der Waals surface area contributed by atoms with Gasteiger partial charge in [0.1, 0.15) is 6.61 Å². The van der Waals surface area contributed by atoms with Crippen LogP contribution in [0.15, 0.2) is 0 Å². The van der Waals surface area contributed by atoms with Gasteiger partial charge < -0.3 is 14.2 Å². The molecule has 0 atom stereocenters. The molecule has 0 aromatic rings. The maximum Gasteiger partial charge on any atom is 0.413 e. The molecule has 1 aliphatic rings. The first-order valence-electron chi connectivity index (χ1n) is 7.59. The summed E-state index contributed by atoms with van der Waals surface area (Å²) in [5.41, 5.74) is 0. The van der Waals surface area contributed by atoms with Gasteiger partial charge in [0.05, 0.1) is 13.2 Å². The fraction of sp³-hybridized carbons (Fsp3) is 0.714. The summed E-state index contributed by atoms with van der Waals surface area (Å²) >= 11 is 0. The highest BCUT2D eigenvalue weighted by Gasteiger charge is 2.11. The Labute approximate surface area is 134 Å². The topological polar surface area (TPSA) is 120 Å². The van der Waals surface area contributed by atoms with E-state index in [4.69, 9.17) is 14.2 Å². The van der Waals surface area contributed by atoms with Gasteiger partial charge in [-0.15, -0.1) is 0 Å². The number of alkyl carbamates (subject to hydrolysis) is 2. The third-order valence-corrected chi connectivity index (χ3v) is 2.92. The van der Waals surface area contributed by atoms with Crippen LogP contribution < -0.4 is 10.6 Å². The Morgan fingerprint density at radius 3 is 1.74 bits per heavy atom. The summed E-state index contributed by atoms with van der Waals surface area (Å²) in [4.78, 5) is 45.5. The van der Waals surface area contributed by atoms with Crippen LogP contribution in [-0.2, 0) is 23.8 Å². The molecule has 0 saturated carbocycles. The van der Waals surface area contributed by atoms with Crippen molar-refractivity contribution in [2.24, 2.45) is 0 Å². The van der Waals surface area contributed by atoms with Gasteiger partial charge in [-0.25, -0.2) is 9.59 Å². The molecule has 0 aliphatic carbocycles. The number of amides is 4. The molecule has 9 nitrogen and oxygen atoms in total. The zero-order valence-corrected chi connectivity index (χ0v) is 12.9. The lowest BCUT2D eigenvalue weighted by molar-refractivity contribution is -0.122. The summed E-state index contributed by atoms with van der Waals surface area (Å²) in [5.74, 6) is -0.940. The molecule has 2 N–H and O–H groups in total. The average Bonchev–Trinajstić information content (AvgIpc) is 2.49. The van der Waals surface area contributed by atoms with Crippen molar-refractivity contribution in [1.82, 2.24) is 10.6 Å². The number of cyclic esters (lactones) is 2. The van der Waals surface area contributed by atoms with Crippen LogP contribution in [0.1, 0.15) is 38.5 Å². The molecule has 0 bridgehead atoms. The minimum Gasteiger partial charge on any atom is -0.449 e. The summed E-state index contributed by atoms with van der Waals surface area (Å²) in [5, 5.41) is 4.19. The van der Waals surface area contributed by atoms with E-state index in [1.54, 1.807) is 0 Å². The standard InChI is InChI=1S/C14H22N2O7/c17-11-5-1-2-6-12(18)16-14(20)23-10-9-21-7-3-4-8-22-13(19)15-11/h1-10H2,(H,15,17,19)(H,16,18,20). The Bertz CT molecular complexity index is 387. The van der Waals surface area contributed by atoms with Crippen LogP contribution in [-0.4, -0.2) is 50.4 Å². The third-order valence-electron chi connectivity index (χ3n) is 2.92. The molecular weight excluding hydrogens is 308 g/mol. The van der Waals surface area contributed by atoms with Crippen molar-refractivity contribution < 1.29 is 33.4 Å². The van der Waals surface area contributed by atoms with Crippen LogP contribution in [0.5, 0.6) is 0 Å². The minimum absolute atomic E-state index is 0.0481. The smallest absolute Gasteiger partial charge is 0.413 e. The Kier molecular flexibility index (Phi) is 9.37. The Hall–Kier alpha value is -2.16. The zero-order valence-electron chi connectivity index (χ0n) is 12.9. The predicted molar refractivity (Wildman–Crippen MR) is 77.5 cm³/mol. The highest BCUT2D eigenvalue weighted by Crippen LogP contribution is 2.01. The molecule has 130 valence electrons. The molecule has 1 fully saturated rings. The highest BCUT2D eigenvalue weighted by molar-refractivity contribution is 5.92. The van der Waals surface area contributed by atoms with Gasteiger partial charge in [0.25, 0.3) is 0 Å². The van der Waals surface area contributed by atoms with E-state index in [1.165, 1.54) is 0 Å². The van der Waals surface area contributed by atoms with Gasteiger partial charge in [0.2, 0.25) is 11.8 Å². The number of nitrogens with one attached hydrogen (secondary N) is 2. The molecule has 0 radical (unpaired) electrons. The van der Waals surface area contributed by atoms with Gasteiger partial charge in [0, 0.05) is 19.4 Å². The quantitative estimate of drug-likeness (QED) is 0.676. The number of ether oxygens (including phenoxy) is 3. The van der Waals surface area contributed by atoms with Crippen LogP contribution >= 0.6 is 0 Å². The second-order valence-corrected chi connectivity index (χ2v) is 4.89. The molecule has 1 aliphatic heterocycles. The van der Waals surface area contributed by atoms with E-state index in [-0.39, 0.29) is 32.7 Å². The highest BCUT2D eigenvalue weighted by atomic mass is 16.6. The normalized spacial score (nSPS) is 20.9. The lowest BCUT2D eigenvalue weighted by Gasteiger charge is -2.07. The van der Waals surface area contributed by atoms with Gasteiger partial charge in [-0.05, 0) is 25.7 Å². The first kappa shape index (κ1) is 18.9. The number of hydrogen-bond acceptors (Lipinski definition) is 7. The summed E-state index contributed by atoms with van der Waals surface area (Å²) in [6.45, 7) is 0.883. The molecule has 23 heavy (non-hydrogen) atoms. The van der Waals surface area contributed by atoms with Gasteiger partial charge >= 0.3 is 12.2 Å². The first-order chi connectivity index (χ1) is 11.1. The third kappa shape index (κ3) is 10.2. The Morgan fingerprint density at radius 2 is 1.13 bits per heavy atom. The number of carbonyl (C=O) groups excluding carboxylic acids is 4. The molecule has 0 spiro atoms. The van der Waals surface area contributed by atoms with Crippen LogP contribution in [0, 0.1) is 0 Å². The largest absolute Gasteiger partial charge is 0.449 e. The van der Waals surface area contributed by atoms with E-state index in [0.29, 0.717) is 32.3 Å². The number of carbonyl (C=O) groups is 4. The van der Waals surface area contributed by atoms with E-state index in [9.17, 15) is 19.2 Å². The molecule has 0 aromatic carbocycles. The Balaban J connectivity index is 2.38. The van der Waals surface area contributed by atoms with Crippen LogP contribution in [0.3, 0.4) is 0 Å². The van der Waals surface area contributed by atoms with E-state index in [1.807, 2.05) is 0 Å². The molecule has 0 unspecified atom stereocenters. The Morgan fingerprint density at radius 1 is 0.609 bits per heavy atom. The van der Waals surface area contributed by atoms with Crippen molar-refractivity contribution >= 4 is 24.0 Å². The summed E-state index contributed by atoms with van der Waals surface area (Å²) < 4.78 is 14.8. The van der Waals surface area contributed by atoms with E-state index in [0.717, 1.165) is 0 Å². The lowest BCUT2D eigenvalue weighted by atomic mass is 10.2. The second-order valence-electron chi connectivity index (χ2n) is 4.89. The second kappa shape index (κ2) is 11.4. The van der Waals surface area contributed by atoms with Gasteiger partial charge in [0.15, 0.2) is 0 Å². The van der Waals surface area contributed by atoms with E-state index < -0.39 is 24.0 Å². The monoisotopic (exact) mass is 330 g/mol. The fourth-order valence-electron chi connectivity index (χ4n) is 1.76. The van der Waals surface area contributed by atoms with Crippen LogP contribution in [0.2, 0.25) is 0 Å². The molecular formula is C14H22N2O7. The van der Waals surface area contributed by atoms with Gasteiger partial charge in [-0.2, -0.15) is 0 Å². The average molecular weight is 330 g/mol. The maximum atomic E-state index is 11.5. The zero-order chi connectivity index (χ0) is 16.9. The maximum absolute atomic E-state index is 11.5. The summed E-state index contributed by atoms with van der Waals surface area (Å²) in [6.07, 6.45) is 0.673. The van der Waals surface area contributed by atoms with Crippen molar-refractivity contribution in [3.8, 4) is 0 Å². The van der Waals surface area contributed by atoms with Crippen LogP contribution in [0.25, 0.3) is 0 Å². The number of hydrogen-bond donors (Lipinski definition) is 2. The minimum atomic E-state index is -0.812. The summed E-state index contributed by atoms with van der Waals surface area (Å²) in [7, 11) is 0. The van der Waals surface area contributed by atoms with Crippen molar-refractivity contribution in [2.75, 3.05) is 26.4 Å². The SMILES string of the molecule is O=C1CCCCC(=O)NC(=O)OCCOCCCCOC(=O)N1. The van der Waals surface area contributed by atoms with Crippen LogP contribution in [0.4, 0.5) is 9.59 Å². The summed E-state index contributed by atoms with van der Waals surface area (Å²) in [6, 6.07) is 0. The van der Waals surface area contributed by atoms with Gasteiger partial charge in [-0.1, -0.05) is 0 Å². The van der Waals surface area contributed by atoms with Crippen molar-refractivity contribution in [3.05, 3.63) is 0 Å².